The molecule has 1 aromatic rings. The number of nitro benzene ring substituents is 1. The summed E-state index contributed by atoms with van der Waals surface area (Å²) < 4.78 is 23.8. The van der Waals surface area contributed by atoms with Crippen molar-refractivity contribution in [2.75, 3.05) is 17.7 Å². The molecule has 0 aliphatic carbocycles. The van der Waals surface area contributed by atoms with Crippen LogP contribution in [-0.2, 0) is 9.84 Å². The number of rotatable bonds is 4. The number of sulfone groups is 1. The van der Waals surface area contributed by atoms with E-state index in [0.29, 0.717) is 5.69 Å². The van der Waals surface area contributed by atoms with Crippen LogP contribution in [0.15, 0.2) is 23.1 Å². The second kappa shape index (κ2) is 6.11. The average Bonchev–Trinajstić information content (AvgIpc) is 2.82. The fourth-order valence-corrected chi connectivity index (χ4v) is 4.15. The van der Waals surface area contributed by atoms with Crippen molar-refractivity contribution in [2.24, 2.45) is 5.41 Å². The summed E-state index contributed by atoms with van der Waals surface area (Å²) >= 11 is 0. The Morgan fingerprint density at radius 3 is 2.52 bits per heavy atom. The predicted octanol–water partition coefficient (Wildman–Crippen LogP) is 3.40. The summed E-state index contributed by atoms with van der Waals surface area (Å²) in [6, 6.07) is 4.76. The summed E-state index contributed by atoms with van der Waals surface area (Å²) in [5.74, 6) is 0. The Morgan fingerprint density at radius 2 is 2.00 bits per heavy atom. The molecule has 0 aromatic heterocycles. The van der Waals surface area contributed by atoms with Gasteiger partial charge in [-0.05, 0) is 36.8 Å². The van der Waals surface area contributed by atoms with Crippen molar-refractivity contribution in [1.82, 2.24) is 0 Å². The molecule has 128 valence electrons. The van der Waals surface area contributed by atoms with Gasteiger partial charge in [0.15, 0.2) is 9.84 Å². The maximum atomic E-state index is 11.9. The summed E-state index contributed by atoms with van der Waals surface area (Å²) in [4.78, 5) is 12.8. The Bertz CT molecular complexity index is 707. The number of anilines is 1. The summed E-state index contributed by atoms with van der Waals surface area (Å²) in [6.07, 6.45) is 3.85. The molecule has 1 saturated heterocycles. The molecular weight excluding hydrogens is 316 g/mol. The van der Waals surface area contributed by atoms with E-state index in [2.05, 4.69) is 20.8 Å². The molecule has 1 heterocycles. The van der Waals surface area contributed by atoms with Gasteiger partial charge < -0.3 is 4.90 Å². The van der Waals surface area contributed by atoms with Crippen LogP contribution in [0.3, 0.4) is 0 Å². The number of nitrogens with zero attached hydrogens (tertiary/aromatic N) is 2. The lowest BCUT2D eigenvalue weighted by Crippen LogP contribution is -2.33. The van der Waals surface area contributed by atoms with Crippen molar-refractivity contribution >= 4 is 21.2 Å². The van der Waals surface area contributed by atoms with E-state index in [1.54, 1.807) is 12.1 Å². The fourth-order valence-electron chi connectivity index (χ4n) is 3.30. The van der Waals surface area contributed by atoms with Crippen LogP contribution in [-0.4, -0.2) is 32.2 Å². The summed E-state index contributed by atoms with van der Waals surface area (Å²) in [7, 11) is -3.65. The van der Waals surface area contributed by atoms with Gasteiger partial charge in [-0.1, -0.05) is 26.8 Å². The van der Waals surface area contributed by atoms with Crippen LogP contribution in [0.1, 0.15) is 40.0 Å². The highest BCUT2D eigenvalue weighted by molar-refractivity contribution is 7.90. The molecule has 2 rings (SSSR count). The standard InChI is InChI=1S/C16H24N2O4S/c1-16(2,3)11-12-7-6-10-17(12)13-8-5-9-14(23(4,21)22)15(13)18(19)20/h5,8-9,12H,6-7,10-11H2,1-4H3. The molecular formula is C16H24N2O4S. The lowest BCUT2D eigenvalue weighted by Gasteiger charge is -2.31. The summed E-state index contributed by atoms with van der Waals surface area (Å²) in [5, 5.41) is 11.6. The number of benzene rings is 1. The van der Waals surface area contributed by atoms with E-state index in [4.69, 9.17) is 0 Å². The first kappa shape index (κ1) is 17.7. The van der Waals surface area contributed by atoms with Crippen molar-refractivity contribution in [3.8, 4) is 0 Å². The summed E-state index contributed by atoms with van der Waals surface area (Å²) in [6.45, 7) is 7.15. The molecule has 0 bridgehead atoms. The van der Waals surface area contributed by atoms with Crippen molar-refractivity contribution in [3.63, 3.8) is 0 Å². The minimum absolute atomic E-state index is 0.108. The van der Waals surface area contributed by atoms with Gasteiger partial charge in [0, 0.05) is 18.8 Å². The smallest absolute Gasteiger partial charge is 0.311 e. The zero-order chi connectivity index (χ0) is 17.4. The van der Waals surface area contributed by atoms with Crippen LogP contribution in [0, 0.1) is 15.5 Å². The number of hydrogen-bond donors (Lipinski definition) is 0. The van der Waals surface area contributed by atoms with Crippen molar-refractivity contribution < 1.29 is 13.3 Å². The molecule has 7 heteroatoms. The van der Waals surface area contributed by atoms with E-state index in [9.17, 15) is 18.5 Å². The van der Waals surface area contributed by atoms with E-state index in [1.807, 2.05) is 4.90 Å². The molecule has 6 nitrogen and oxygen atoms in total. The molecule has 1 atom stereocenters. The molecule has 1 aromatic carbocycles. The van der Waals surface area contributed by atoms with E-state index in [0.717, 1.165) is 32.1 Å². The second-order valence-electron chi connectivity index (χ2n) is 7.41. The fraction of sp³-hybridized carbons (Fsp3) is 0.625. The molecule has 0 spiro atoms. The minimum atomic E-state index is -3.65. The number of para-hydroxylation sites is 1. The van der Waals surface area contributed by atoms with Crippen molar-refractivity contribution in [2.45, 2.75) is 51.0 Å². The maximum Gasteiger partial charge on any atom is 0.311 e. The Morgan fingerprint density at radius 1 is 1.35 bits per heavy atom. The summed E-state index contributed by atoms with van der Waals surface area (Å²) in [5.41, 5.74) is 0.233. The van der Waals surface area contributed by atoms with Crippen LogP contribution in [0.25, 0.3) is 0 Å². The largest absolute Gasteiger partial charge is 0.363 e. The third-order valence-electron chi connectivity index (χ3n) is 4.09. The highest BCUT2D eigenvalue weighted by Crippen LogP contribution is 2.40. The molecule has 0 amide bonds. The molecule has 1 aliphatic heterocycles. The topological polar surface area (TPSA) is 80.5 Å². The number of nitro groups is 1. The van der Waals surface area contributed by atoms with E-state index in [-0.39, 0.29) is 22.0 Å². The van der Waals surface area contributed by atoms with Gasteiger partial charge in [0.2, 0.25) is 0 Å². The van der Waals surface area contributed by atoms with Gasteiger partial charge in [-0.15, -0.1) is 0 Å². The highest BCUT2D eigenvalue weighted by atomic mass is 32.2. The zero-order valence-electron chi connectivity index (χ0n) is 14.1. The third kappa shape index (κ3) is 4.02. The van der Waals surface area contributed by atoms with E-state index in [1.165, 1.54) is 6.07 Å². The van der Waals surface area contributed by atoms with Crippen LogP contribution in [0.4, 0.5) is 11.4 Å². The molecule has 0 radical (unpaired) electrons. The lowest BCUT2D eigenvalue weighted by atomic mass is 9.87. The SMILES string of the molecule is CC(C)(C)CC1CCCN1c1cccc(S(C)(=O)=O)c1[N+](=O)[O-]. The lowest BCUT2D eigenvalue weighted by molar-refractivity contribution is -0.387. The molecule has 0 N–H and O–H groups in total. The van der Waals surface area contributed by atoms with E-state index >= 15 is 0 Å². The maximum absolute atomic E-state index is 11.9. The first-order valence-corrected chi connectivity index (χ1v) is 9.64. The van der Waals surface area contributed by atoms with Crippen LogP contribution >= 0.6 is 0 Å². The van der Waals surface area contributed by atoms with Gasteiger partial charge in [-0.25, -0.2) is 8.42 Å². The highest BCUT2D eigenvalue weighted by Gasteiger charge is 2.35. The third-order valence-corrected chi connectivity index (χ3v) is 5.22. The Hall–Kier alpha value is -1.63. The Balaban J connectivity index is 2.53. The molecule has 1 aliphatic rings. The Labute approximate surface area is 137 Å². The van der Waals surface area contributed by atoms with E-state index < -0.39 is 14.8 Å². The average molecular weight is 340 g/mol. The normalized spacial score (nSPS) is 19.1. The molecule has 23 heavy (non-hydrogen) atoms. The zero-order valence-corrected chi connectivity index (χ0v) is 14.9. The van der Waals surface area contributed by atoms with Gasteiger partial charge in [-0.3, -0.25) is 10.1 Å². The molecule has 0 saturated carbocycles. The van der Waals surface area contributed by atoms with Gasteiger partial charge in [0.1, 0.15) is 10.6 Å². The van der Waals surface area contributed by atoms with Crippen LogP contribution in [0.2, 0.25) is 0 Å². The quantitative estimate of drug-likeness (QED) is 0.620. The van der Waals surface area contributed by atoms with Gasteiger partial charge in [-0.2, -0.15) is 0 Å². The Kier molecular flexibility index (Phi) is 4.71. The van der Waals surface area contributed by atoms with Gasteiger partial charge in [0.05, 0.1) is 4.92 Å². The first-order chi connectivity index (χ1) is 10.5. The van der Waals surface area contributed by atoms with Gasteiger partial charge >= 0.3 is 5.69 Å². The minimum Gasteiger partial charge on any atom is -0.363 e. The van der Waals surface area contributed by atoms with Crippen LogP contribution < -0.4 is 4.90 Å². The second-order valence-corrected chi connectivity index (χ2v) is 9.39. The van der Waals surface area contributed by atoms with Crippen molar-refractivity contribution in [3.05, 3.63) is 28.3 Å². The first-order valence-electron chi connectivity index (χ1n) is 7.75. The number of hydrogen-bond acceptors (Lipinski definition) is 5. The molecule has 1 unspecified atom stereocenters. The predicted molar refractivity (Wildman–Crippen MR) is 90.6 cm³/mol. The van der Waals surface area contributed by atoms with Crippen LogP contribution in [0.5, 0.6) is 0 Å². The van der Waals surface area contributed by atoms with Crippen molar-refractivity contribution in [1.29, 1.82) is 0 Å². The monoisotopic (exact) mass is 340 g/mol. The molecule has 1 fully saturated rings. The van der Waals surface area contributed by atoms with Gasteiger partial charge in [0.25, 0.3) is 0 Å².